The van der Waals surface area contributed by atoms with E-state index in [9.17, 15) is 4.39 Å². The third-order valence-electron chi connectivity index (χ3n) is 2.77. The van der Waals surface area contributed by atoms with Crippen LogP contribution in [-0.4, -0.2) is 6.10 Å². The summed E-state index contributed by atoms with van der Waals surface area (Å²) in [6.45, 7) is 0. The Morgan fingerprint density at radius 2 is 2.20 bits per heavy atom. The lowest BCUT2D eigenvalue weighted by molar-refractivity contribution is 0.253. The van der Waals surface area contributed by atoms with Gasteiger partial charge in [-0.25, -0.2) is 4.39 Å². The molecular weight excluding hydrogens is 215 g/mol. The first-order valence-electron chi connectivity index (χ1n) is 4.76. The topological polar surface area (TPSA) is 9.23 Å². The van der Waals surface area contributed by atoms with Gasteiger partial charge in [0.25, 0.3) is 0 Å². The van der Waals surface area contributed by atoms with Gasteiger partial charge in [-0.05, 0) is 24.3 Å². The quantitative estimate of drug-likeness (QED) is 0.652. The fraction of sp³-hybridized carbons (Fsp3) is 0.167. The summed E-state index contributed by atoms with van der Waals surface area (Å²) in [5.41, 5.74) is 0.766. The minimum atomic E-state index is -0.362. The van der Waals surface area contributed by atoms with Gasteiger partial charge in [-0.2, -0.15) is 0 Å². The van der Waals surface area contributed by atoms with Gasteiger partial charge in [0, 0.05) is 10.6 Å². The Morgan fingerprint density at radius 3 is 3.07 bits per heavy atom. The van der Waals surface area contributed by atoms with Crippen molar-refractivity contribution < 1.29 is 9.13 Å². The fourth-order valence-corrected chi connectivity index (χ4v) is 2.39. The lowest BCUT2D eigenvalue weighted by Gasteiger charge is -2.16. The molecule has 15 heavy (non-hydrogen) atoms. The third-order valence-corrected chi connectivity index (χ3v) is 3.10. The maximum absolute atomic E-state index is 13.7. The Kier molecular flexibility index (Phi) is 1.86. The molecule has 0 radical (unpaired) electrons. The Morgan fingerprint density at radius 1 is 1.33 bits per heavy atom. The Balaban J connectivity index is 2.19. The van der Waals surface area contributed by atoms with Crippen molar-refractivity contribution in [2.45, 2.75) is 12.0 Å². The number of hydrogen-bond donors (Lipinski definition) is 0. The maximum atomic E-state index is 13.7. The summed E-state index contributed by atoms with van der Waals surface area (Å²) < 4.78 is 19.3. The van der Waals surface area contributed by atoms with E-state index < -0.39 is 0 Å². The van der Waals surface area contributed by atoms with Crippen LogP contribution in [0.4, 0.5) is 4.39 Å². The number of hydrogen-bond acceptors (Lipinski definition) is 1. The van der Waals surface area contributed by atoms with E-state index in [1.165, 1.54) is 6.08 Å². The highest BCUT2D eigenvalue weighted by Gasteiger charge is 2.38. The molecule has 2 unspecified atom stereocenters. The number of benzene rings is 1. The van der Waals surface area contributed by atoms with Gasteiger partial charge in [-0.15, -0.1) is 0 Å². The van der Waals surface area contributed by atoms with Crippen LogP contribution in [0, 0.1) is 0 Å². The van der Waals surface area contributed by atoms with Crippen LogP contribution < -0.4 is 4.74 Å². The molecule has 0 fully saturated rings. The van der Waals surface area contributed by atoms with Gasteiger partial charge in [0.15, 0.2) is 0 Å². The summed E-state index contributed by atoms with van der Waals surface area (Å²) in [4.78, 5) is 0. The van der Waals surface area contributed by atoms with Gasteiger partial charge in [0.05, 0.1) is 5.92 Å². The van der Waals surface area contributed by atoms with Gasteiger partial charge in [-0.3, -0.25) is 0 Å². The maximum Gasteiger partial charge on any atom is 0.130 e. The van der Waals surface area contributed by atoms with Gasteiger partial charge in [-0.1, -0.05) is 23.7 Å². The molecule has 1 aliphatic heterocycles. The molecule has 0 amide bonds. The SMILES string of the molecule is FC1=CC=CC2Oc3cccc(Cl)c3C12. The first kappa shape index (κ1) is 8.98. The number of rotatable bonds is 0. The zero-order chi connectivity index (χ0) is 10.4. The highest BCUT2D eigenvalue weighted by molar-refractivity contribution is 6.31. The molecular formula is C12H8ClFO. The molecule has 0 saturated carbocycles. The molecule has 3 rings (SSSR count). The molecule has 1 nitrogen and oxygen atoms in total. The van der Waals surface area contributed by atoms with Crippen molar-refractivity contribution in [2.24, 2.45) is 0 Å². The second kappa shape index (κ2) is 3.11. The number of halogens is 2. The summed E-state index contributed by atoms with van der Waals surface area (Å²) in [6.07, 6.45) is 4.74. The van der Waals surface area contributed by atoms with E-state index >= 15 is 0 Å². The highest BCUT2D eigenvalue weighted by Crippen LogP contribution is 2.47. The summed E-state index contributed by atoms with van der Waals surface area (Å²) in [6, 6.07) is 5.39. The summed E-state index contributed by atoms with van der Waals surface area (Å²) in [5.74, 6) is 0.139. The van der Waals surface area contributed by atoms with E-state index in [1.54, 1.807) is 12.1 Å². The second-order valence-electron chi connectivity index (χ2n) is 3.65. The molecule has 76 valence electrons. The summed E-state index contributed by atoms with van der Waals surface area (Å²) in [5, 5.41) is 0.568. The van der Waals surface area contributed by atoms with E-state index in [2.05, 4.69) is 0 Å². The van der Waals surface area contributed by atoms with Crippen LogP contribution in [0.25, 0.3) is 0 Å². The van der Waals surface area contributed by atoms with E-state index in [0.29, 0.717) is 10.8 Å². The standard InChI is InChI=1S/C12H8ClFO/c13-7-3-1-5-9-11(7)12-8(14)4-2-6-10(12)15-9/h1-6,10,12H. The molecule has 0 bridgehead atoms. The minimum Gasteiger partial charge on any atom is -0.485 e. The minimum absolute atomic E-state index is 0.186. The van der Waals surface area contributed by atoms with Crippen LogP contribution in [0.3, 0.4) is 0 Å². The molecule has 2 atom stereocenters. The lowest BCUT2D eigenvalue weighted by atomic mass is 9.91. The van der Waals surface area contributed by atoms with Crippen molar-refractivity contribution in [3.8, 4) is 5.75 Å². The van der Waals surface area contributed by atoms with Crippen molar-refractivity contribution >= 4 is 11.6 Å². The third kappa shape index (κ3) is 1.21. The molecule has 2 aliphatic rings. The zero-order valence-electron chi connectivity index (χ0n) is 7.78. The van der Waals surface area contributed by atoms with Crippen LogP contribution >= 0.6 is 11.6 Å². The lowest BCUT2D eigenvalue weighted by Crippen LogP contribution is -2.18. The predicted octanol–water partition coefficient (Wildman–Crippen LogP) is 3.61. The van der Waals surface area contributed by atoms with E-state index in [1.807, 2.05) is 18.2 Å². The Hall–Kier alpha value is -1.28. The van der Waals surface area contributed by atoms with E-state index in [4.69, 9.17) is 16.3 Å². The molecule has 3 heteroatoms. The van der Waals surface area contributed by atoms with Crippen molar-refractivity contribution in [3.63, 3.8) is 0 Å². The van der Waals surface area contributed by atoms with Crippen LogP contribution in [0.5, 0.6) is 5.75 Å². The normalized spacial score (nSPS) is 26.7. The van der Waals surface area contributed by atoms with Crippen LogP contribution in [-0.2, 0) is 0 Å². The van der Waals surface area contributed by atoms with Gasteiger partial charge >= 0.3 is 0 Å². The van der Waals surface area contributed by atoms with Gasteiger partial charge in [0.2, 0.25) is 0 Å². The van der Waals surface area contributed by atoms with Crippen LogP contribution in [0.2, 0.25) is 5.02 Å². The fourth-order valence-electron chi connectivity index (χ4n) is 2.11. The smallest absolute Gasteiger partial charge is 0.130 e. The molecule has 1 aromatic carbocycles. The molecule has 0 N–H and O–H groups in total. The molecule has 1 aliphatic carbocycles. The Labute approximate surface area is 91.8 Å². The first-order chi connectivity index (χ1) is 7.27. The predicted molar refractivity (Wildman–Crippen MR) is 56.9 cm³/mol. The van der Waals surface area contributed by atoms with Crippen molar-refractivity contribution in [1.82, 2.24) is 0 Å². The average Bonchev–Trinajstić information content (AvgIpc) is 2.58. The zero-order valence-corrected chi connectivity index (χ0v) is 8.54. The molecule has 0 aromatic heterocycles. The van der Waals surface area contributed by atoms with Crippen molar-refractivity contribution in [3.05, 3.63) is 52.8 Å². The second-order valence-corrected chi connectivity index (χ2v) is 4.06. The van der Waals surface area contributed by atoms with Crippen molar-refractivity contribution in [1.29, 1.82) is 0 Å². The van der Waals surface area contributed by atoms with Gasteiger partial charge < -0.3 is 4.74 Å². The van der Waals surface area contributed by atoms with Crippen molar-refractivity contribution in [2.75, 3.05) is 0 Å². The molecule has 1 aromatic rings. The molecule has 1 heterocycles. The number of ether oxygens (including phenoxy) is 1. The number of fused-ring (bicyclic) bond motifs is 3. The highest BCUT2D eigenvalue weighted by atomic mass is 35.5. The monoisotopic (exact) mass is 222 g/mol. The number of allylic oxidation sites excluding steroid dienone is 2. The summed E-state index contributed by atoms with van der Waals surface area (Å²) in [7, 11) is 0. The van der Waals surface area contributed by atoms with Crippen LogP contribution in [0.15, 0.2) is 42.3 Å². The largest absolute Gasteiger partial charge is 0.485 e. The van der Waals surface area contributed by atoms with Gasteiger partial charge in [0.1, 0.15) is 17.7 Å². The van der Waals surface area contributed by atoms with E-state index in [0.717, 1.165) is 5.56 Å². The first-order valence-corrected chi connectivity index (χ1v) is 5.14. The average molecular weight is 223 g/mol. The molecule has 0 saturated heterocycles. The molecule has 0 spiro atoms. The van der Waals surface area contributed by atoms with E-state index in [-0.39, 0.29) is 17.8 Å². The van der Waals surface area contributed by atoms with Crippen LogP contribution in [0.1, 0.15) is 11.5 Å². The summed E-state index contributed by atoms with van der Waals surface area (Å²) >= 11 is 6.06. The Bertz CT molecular complexity index is 479.